The molecule has 0 saturated carbocycles. The Bertz CT molecular complexity index is 1050. The van der Waals surface area contributed by atoms with Crippen molar-refractivity contribution in [2.75, 3.05) is 62.2 Å². The first-order valence-electron chi connectivity index (χ1n) is 12.5. The summed E-state index contributed by atoms with van der Waals surface area (Å²) in [4.78, 5) is 17.6. The van der Waals surface area contributed by atoms with Crippen LogP contribution in [-0.4, -0.2) is 58.1 Å². The summed E-state index contributed by atoms with van der Waals surface area (Å²) in [5.74, 6) is 1.20. The van der Waals surface area contributed by atoms with Gasteiger partial charge in [-0.3, -0.25) is 4.79 Å². The van der Waals surface area contributed by atoms with Gasteiger partial charge in [-0.25, -0.2) is 8.78 Å². The molecule has 2 aromatic carbocycles. The number of carbonyl (C=O) groups excluding carboxylic acids is 1. The lowest BCUT2D eigenvalue weighted by Crippen LogP contribution is -2.27. The van der Waals surface area contributed by atoms with Crippen LogP contribution in [0.15, 0.2) is 24.3 Å². The monoisotopic (exact) mass is 502 g/mol. The van der Waals surface area contributed by atoms with Gasteiger partial charge >= 0.3 is 0 Å². The lowest BCUT2D eigenvalue weighted by Gasteiger charge is -2.23. The van der Waals surface area contributed by atoms with Crippen LogP contribution in [-0.2, 0) is 0 Å². The van der Waals surface area contributed by atoms with Crippen molar-refractivity contribution in [2.24, 2.45) is 23.7 Å². The quantitative estimate of drug-likeness (QED) is 0.626. The van der Waals surface area contributed by atoms with Crippen molar-refractivity contribution in [3.8, 4) is 0 Å². The Morgan fingerprint density at radius 3 is 1.40 bits per heavy atom. The number of ketones is 1. The second-order valence-electron chi connectivity index (χ2n) is 10.6. The van der Waals surface area contributed by atoms with Gasteiger partial charge in [-0.15, -0.1) is 12.4 Å². The molecule has 2 aromatic rings. The van der Waals surface area contributed by atoms with Gasteiger partial charge in [-0.05, 0) is 72.9 Å². The maximum Gasteiger partial charge on any atom is 0.193 e. The highest BCUT2D eigenvalue weighted by atomic mass is 35.5. The Balaban J connectivity index is 0.00000253. The molecule has 0 amide bonds. The van der Waals surface area contributed by atoms with E-state index in [9.17, 15) is 4.79 Å². The van der Waals surface area contributed by atoms with Crippen LogP contribution in [0, 0.1) is 49.2 Å². The van der Waals surface area contributed by atoms with E-state index < -0.39 is 0 Å². The van der Waals surface area contributed by atoms with E-state index >= 15 is 8.78 Å². The Kier molecular flexibility index (Phi) is 6.53. The van der Waals surface area contributed by atoms with Crippen molar-refractivity contribution in [3.05, 3.63) is 58.2 Å². The highest BCUT2D eigenvalue weighted by Gasteiger charge is 2.38. The third-order valence-electron chi connectivity index (χ3n) is 8.68. The summed E-state index contributed by atoms with van der Waals surface area (Å²) in [7, 11) is 0. The highest BCUT2D eigenvalue weighted by Crippen LogP contribution is 2.36. The smallest absolute Gasteiger partial charge is 0.193 e. The first-order valence-corrected chi connectivity index (χ1v) is 12.5. The zero-order valence-corrected chi connectivity index (χ0v) is 21.1. The molecule has 4 saturated heterocycles. The first-order chi connectivity index (χ1) is 16.4. The summed E-state index contributed by atoms with van der Waals surface area (Å²) >= 11 is 0. The van der Waals surface area contributed by atoms with Gasteiger partial charge in [0.1, 0.15) is 11.6 Å². The minimum Gasteiger partial charge on any atom is -0.368 e. The van der Waals surface area contributed by atoms with Crippen molar-refractivity contribution in [1.29, 1.82) is 0 Å². The average Bonchev–Trinajstić information content (AvgIpc) is 3.57. The highest BCUT2D eigenvalue weighted by molar-refractivity contribution is 6.11. The van der Waals surface area contributed by atoms with Crippen LogP contribution in [0.2, 0.25) is 0 Å². The first kappa shape index (κ1) is 24.5. The Hall–Kier alpha value is -2.22. The fourth-order valence-electron chi connectivity index (χ4n) is 6.57. The zero-order chi connectivity index (χ0) is 23.6. The van der Waals surface area contributed by atoms with Crippen LogP contribution < -0.4 is 20.4 Å². The normalized spacial score (nSPS) is 27.2. The van der Waals surface area contributed by atoms with Gasteiger partial charge in [0.05, 0.1) is 11.4 Å². The van der Waals surface area contributed by atoms with Crippen LogP contribution in [0.3, 0.4) is 0 Å². The SMILES string of the molecule is Cc1c(C(=O)c2ccc(N3CC4CNCC4C3)c(F)c2C)ccc(N2CC3CNCC3C2)c1F.Cl. The minimum absolute atomic E-state index is 0. The molecule has 4 aliphatic rings. The summed E-state index contributed by atoms with van der Waals surface area (Å²) in [6.45, 7) is 10.6. The number of hydrogen-bond acceptors (Lipinski definition) is 5. The largest absolute Gasteiger partial charge is 0.368 e. The molecule has 2 N–H and O–H groups in total. The molecule has 4 aliphatic heterocycles. The number of anilines is 2. The number of nitrogens with one attached hydrogen (secondary N) is 2. The summed E-state index contributed by atoms with van der Waals surface area (Å²) in [5.41, 5.74) is 2.41. The Morgan fingerprint density at radius 1 is 0.714 bits per heavy atom. The fraction of sp³-hybridized carbons (Fsp3) is 0.519. The van der Waals surface area contributed by atoms with Gasteiger partial charge in [0.15, 0.2) is 5.78 Å². The molecule has 0 radical (unpaired) electrons. The predicted octanol–water partition coefficient (Wildman–Crippen LogP) is 3.55. The fourth-order valence-corrected chi connectivity index (χ4v) is 6.57. The van der Waals surface area contributed by atoms with E-state index in [0.717, 1.165) is 52.4 Å². The number of hydrogen-bond donors (Lipinski definition) is 2. The van der Waals surface area contributed by atoms with E-state index in [1.807, 2.05) is 0 Å². The Morgan fingerprint density at radius 2 is 1.06 bits per heavy atom. The number of halogens is 3. The number of carbonyl (C=O) groups is 1. The number of benzene rings is 2. The standard InChI is InChI=1S/C27H32F2N4O.ClH/c1-15-21(3-5-23(25(15)28)32-11-17-7-30-8-18(17)12-32)27(34)22-4-6-24(26(29)16(22)2)33-13-19-9-31-10-20(19)14-33;/h3-6,17-20,30-31H,7-14H2,1-2H3;1H. The molecule has 188 valence electrons. The van der Waals surface area contributed by atoms with E-state index in [2.05, 4.69) is 20.4 Å². The van der Waals surface area contributed by atoms with E-state index in [1.54, 1.807) is 38.1 Å². The summed E-state index contributed by atoms with van der Waals surface area (Å²) in [6.07, 6.45) is 0. The van der Waals surface area contributed by atoms with Gasteiger partial charge < -0.3 is 20.4 Å². The summed E-state index contributed by atoms with van der Waals surface area (Å²) in [5, 5.41) is 6.81. The van der Waals surface area contributed by atoms with Crippen LogP contribution >= 0.6 is 12.4 Å². The van der Waals surface area contributed by atoms with Gasteiger partial charge in [0, 0.05) is 63.5 Å². The molecule has 8 heteroatoms. The minimum atomic E-state index is -0.342. The van der Waals surface area contributed by atoms with E-state index in [-0.39, 0.29) is 29.8 Å². The summed E-state index contributed by atoms with van der Waals surface area (Å²) < 4.78 is 30.9. The van der Waals surface area contributed by atoms with Crippen molar-refractivity contribution in [3.63, 3.8) is 0 Å². The van der Waals surface area contributed by atoms with E-state index in [0.29, 0.717) is 57.3 Å². The molecule has 6 rings (SSSR count). The Labute approximate surface area is 211 Å². The number of nitrogens with zero attached hydrogens (tertiary/aromatic N) is 2. The molecule has 0 aliphatic carbocycles. The van der Waals surface area contributed by atoms with Crippen LogP contribution in [0.4, 0.5) is 20.2 Å². The van der Waals surface area contributed by atoms with E-state index in [1.165, 1.54) is 0 Å². The average molecular weight is 503 g/mol. The molecule has 4 fully saturated rings. The molecule has 4 unspecified atom stereocenters. The third-order valence-corrected chi connectivity index (χ3v) is 8.68. The van der Waals surface area contributed by atoms with Gasteiger partial charge in [-0.1, -0.05) is 0 Å². The molecular weight excluding hydrogens is 470 g/mol. The molecule has 4 heterocycles. The molecule has 0 bridgehead atoms. The third kappa shape index (κ3) is 4.02. The second kappa shape index (κ2) is 9.34. The van der Waals surface area contributed by atoms with Crippen LogP contribution in [0.1, 0.15) is 27.0 Å². The van der Waals surface area contributed by atoms with Crippen molar-refractivity contribution in [2.45, 2.75) is 13.8 Å². The van der Waals surface area contributed by atoms with Gasteiger partial charge in [0.2, 0.25) is 0 Å². The maximum atomic E-state index is 15.4. The zero-order valence-electron chi connectivity index (χ0n) is 20.2. The van der Waals surface area contributed by atoms with Crippen LogP contribution in [0.5, 0.6) is 0 Å². The van der Waals surface area contributed by atoms with Crippen molar-refractivity contribution >= 4 is 29.6 Å². The molecule has 35 heavy (non-hydrogen) atoms. The summed E-state index contributed by atoms with van der Waals surface area (Å²) in [6, 6.07) is 6.87. The lowest BCUT2D eigenvalue weighted by molar-refractivity contribution is 0.103. The second-order valence-corrected chi connectivity index (χ2v) is 10.6. The molecule has 5 nitrogen and oxygen atoms in total. The predicted molar refractivity (Wildman–Crippen MR) is 137 cm³/mol. The molecule has 0 aromatic heterocycles. The molecular formula is C27H33ClF2N4O. The number of rotatable bonds is 4. The topological polar surface area (TPSA) is 47.6 Å². The molecule has 0 spiro atoms. The van der Waals surface area contributed by atoms with Crippen LogP contribution in [0.25, 0.3) is 0 Å². The van der Waals surface area contributed by atoms with Crippen molar-refractivity contribution in [1.82, 2.24) is 10.6 Å². The lowest BCUT2D eigenvalue weighted by atomic mass is 9.94. The number of fused-ring (bicyclic) bond motifs is 2. The molecule has 4 atom stereocenters. The van der Waals surface area contributed by atoms with E-state index in [4.69, 9.17) is 0 Å². The van der Waals surface area contributed by atoms with Gasteiger partial charge in [0.25, 0.3) is 0 Å². The van der Waals surface area contributed by atoms with Crippen molar-refractivity contribution < 1.29 is 13.6 Å². The maximum absolute atomic E-state index is 15.4. The van der Waals surface area contributed by atoms with Gasteiger partial charge in [-0.2, -0.15) is 0 Å².